The van der Waals surface area contributed by atoms with Crippen molar-refractivity contribution in [2.45, 2.75) is 0 Å². The third kappa shape index (κ3) is 3.84. The van der Waals surface area contributed by atoms with Crippen molar-refractivity contribution >= 4 is 72.6 Å². The van der Waals surface area contributed by atoms with Gasteiger partial charge in [0.2, 0.25) is 5.95 Å². The minimum absolute atomic E-state index is 0.650. The summed E-state index contributed by atoms with van der Waals surface area (Å²) >= 11 is 0. The van der Waals surface area contributed by atoms with Crippen LogP contribution in [0.25, 0.3) is 72.2 Å². The maximum Gasteiger partial charge on any atom is 0.235 e. The van der Waals surface area contributed by atoms with Gasteiger partial charge in [0.25, 0.3) is 0 Å². The Kier molecular flexibility index (Phi) is 5.95. The number of hydrogen-bond donors (Lipinski definition) is 0. The van der Waals surface area contributed by atoms with E-state index in [1.54, 1.807) is 0 Å². The molecular weight excluding hydrogens is 639 g/mol. The van der Waals surface area contributed by atoms with Gasteiger partial charge in [-0.3, -0.25) is 4.57 Å². The van der Waals surface area contributed by atoms with E-state index in [1.807, 2.05) is 12.1 Å². The van der Waals surface area contributed by atoms with E-state index >= 15 is 0 Å². The lowest BCUT2D eigenvalue weighted by Gasteiger charge is -2.32. The van der Waals surface area contributed by atoms with Crippen LogP contribution in [0.5, 0.6) is 0 Å². The van der Waals surface area contributed by atoms with Crippen LogP contribution in [0.1, 0.15) is 0 Å². The van der Waals surface area contributed by atoms with E-state index in [0.29, 0.717) is 5.95 Å². The molecule has 0 fully saturated rings. The summed E-state index contributed by atoms with van der Waals surface area (Å²) in [5.74, 6) is 0.650. The fourth-order valence-electron chi connectivity index (χ4n) is 8.67. The molecule has 3 aromatic heterocycles. The molecule has 51 heavy (non-hydrogen) atoms. The predicted octanol–water partition coefficient (Wildman–Crippen LogP) is 8.50. The van der Waals surface area contributed by atoms with Crippen LogP contribution in [-0.4, -0.2) is 22.6 Å². The number of hydrogen-bond acceptors (Lipinski definition) is 3. The lowest BCUT2D eigenvalue weighted by molar-refractivity contribution is 0.669. The summed E-state index contributed by atoms with van der Waals surface area (Å²) in [6, 6.07) is 62.9. The first-order valence-electron chi connectivity index (χ1n) is 17.3. The number of fused-ring (bicyclic) bond motifs is 10. The smallest absolute Gasteiger partial charge is 0.235 e. The van der Waals surface area contributed by atoms with Gasteiger partial charge in [-0.25, -0.2) is 9.97 Å². The van der Waals surface area contributed by atoms with Gasteiger partial charge in [0.1, 0.15) is 11.2 Å². The largest absolute Gasteiger partial charge is 0.456 e. The molecule has 1 aliphatic rings. The molecule has 11 rings (SSSR count). The van der Waals surface area contributed by atoms with Crippen LogP contribution < -0.4 is 20.7 Å². The standard InChI is InChI=1S/C46H29N3OSi/c1-4-16-30(17-5-1)42-45-43(36-24-12-15-27-40(36)51(45,31-18-6-2-7-19-31)32-20-8-3-9-21-32)48-46(47-42)49-37-25-13-10-22-33(37)34-28-29-39-41(44(34)49)35-23-11-14-26-38(35)50-39/h1-29H. The molecule has 4 nitrogen and oxygen atoms in total. The summed E-state index contributed by atoms with van der Waals surface area (Å²) in [5, 5.41) is 9.66. The number of nitrogens with zero attached hydrogens (tertiary/aromatic N) is 3. The molecule has 10 aromatic rings. The summed E-state index contributed by atoms with van der Waals surface area (Å²) in [7, 11) is -2.89. The fourth-order valence-corrected chi connectivity index (χ4v) is 13.9. The monoisotopic (exact) mass is 667 g/mol. The van der Waals surface area contributed by atoms with Crippen molar-refractivity contribution in [2.24, 2.45) is 0 Å². The van der Waals surface area contributed by atoms with Gasteiger partial charge in [-0.2, -0.15) is 0 Å². The lowest BCUT2D eigenvalue weighted by atomic mass is 10.1. The highest BCUT2D eigenvalue weighted by Crippen LogP contribution is 2.41. The van der Waals surface area contributed by atoms with Gasteiger partial charge in [-0.1, -0.05) is 152 Å². The first-order valence-corrected chi connectivity index (χ1v) is 19.3. The van der Waals surface area contributed by atoms with Gasteiger partial charge < -0.3 is 4.42 Å². The van der Waals surface area contributed by atoms with Gasteiger partial charge in [-0.05, 0) is 39.8 Å². The van der Waals surface area contributed by atoms with Crippen molar-refractivity contribution in [1.29, 1.82) is 0 Å². The Hall–Kier alpha value is -6.56. The molecule has 5 heteroatoms. The van der Waals surface area contributed by atoms with Crippen molar-refractivity contribution in [3.8, 4) is 28.5 Å². The van der Waals surface area contributed by atoms with Crippen molar-refractivity contribution in [3.05, 3.63) is 176 Å². The number of furan rings is 1. The van der Waals surface area contributed by atoms with Gasteiger partial charge in [0, 0.05) is 32.5 Å². The molecule has 0 spiro atoms. The van der Waals surface area contributed by atoms with E-state index in [-0.39, 0.29) is 0 Å². The summed E-state index contributed by atoms with van der Waals surface area (Å²) < 4.78 is 8.71. The highest BCUT2D eigenvalue weighted by Gasteiger charge is 2.51. The van der Waals surface area contributed by atoms with E-state index in [9.17, 15) is 0 Å². The average molecular weight is 668 g/mol. The zero-order valence-corrected chi connectivity index (χ0v) is 28.5. The summed E-state index contributed by atoms with van der Waals surface area (Å²) in [6.07, 6.45) is 0. The molecule has 238 valence electrons. The highest BCUT2D eigenvalue weighted by atomic mass is 28.3. The second kappa shape index (κ2) is 10.7. The van der Waals surface area contributed by atoms with E-state index in [1.165, 1.54) is 26.3 Å². The molecule has 4 heterocycles. The summed E-state index contributed by atoms with van der Waals surface area (Å²) in [4.78, 5) is 11.4. The number of benzene rings is 7. The van der Waals surface area contributed by atoms with E-state index in [4.69, 9.17) is 14.4 Å². The molecule has 0 amide bonds. The molecule has 0 atom stereocenters. The van der Waals surface area contributed by atoms with Crippen molar-refractivity contribution < 1.29 is 4.42 Å². The lowest BCUT2D eigenvalue weighted by Crippen LogP contribution is -2.73. The normalized spacial score (nSPS) is 13.3. The fraction of sp³-hybridized carbons (Fsp3) is 0. The third-order valence-corrected chi connectivity index (χ3v) is 15.6. The maximum atomic E-state index is 6.44. The Morgan fingerprint density at radius 2 is 1.08 bits per heavy atom. The minimum Gasteiger partial charge on any atom is -0.456 e. The first-order chi connectivity index (χ1) is 25.3. The molecule has 0 saturated carbocycles. The molecule has 0 unspecified atom stereocenters. The minimum atomic E-state index is -2.89. The second-order valence-corrected chi connectivity index (χ2v) is 17.0. The number of aromatic nitrogens is 3. The quantitative estimate of drug-likeness (QED) is 0.177. The molecular formula is C46H29N3OSi. The van der Waals surface area contributed by atoms with Crippen LogP contribution in [0.15, 0.2) is 180 Å². The van der Waals surface area contributed by atoms with Gasteiger partial charge in [0.05, 0.1) is 27.8 Å². The van der Waals surface area contributed by atoms with Crippen LogP contribution in [0.3, 0.4) is 0 Å². The molecule has 0 bridgehead atoms. The van der Waals surface area contributed by atoms with Crippen LogP contribution in [0, 0.1) is 0 Å². The zero-order chi connectivity index (χ0) is 33.5. The Morgan fingerprint density at radius 1 is 0.471 bits per heavy atom. The van der Waals surface area contributed by atoms with E-state index in [2.05, 4.69) is 168 Å². The first kappa shape index (κ1) is 28.3. The van der Waals surface area contributed by atoms with Crippen molar-refractivity contribution in [1.82, 2.24) is 14.5 Å². The second-order valence-electron chi connectivity index (χ2n) is 13.3. The molecule has 0 saturated heterocycles. The maximum absolute atomic E-state index is 6.44. The molecule has 0 radical (unpaired) electrons. The highest BCUT2D eigenvalue weighted by molar-refractivity contribution is 7.22. The van der Waals surface area contributed by atoms with Crippen LogP contribution in [0.4, 0.5) is 0 Å². The zero-order valence-electron chi connectivity index (χ0n) is 27.5. The van der Waals surface area contributed by atoms with Gasteiger partial charge in [0.15, 0.2) is 8.07 Å². The predicted molar refractivity (Wildman–Crippen MR) is 212 cm³/mol. The molecule has 0 N–H and O–H groups in total. The Labute approximate surface area is 294 Å². The van der Waals surface area contributed by atoms with E-state index < -0.39 is 8.07 Å². The van der Waals surface area contributed by atoms with Crippen molar-refractivity contribution in [2.75, 3.05) is 0 Å². The van der Waals surface area contributed by atoms with Crippen LogP contribution >= 0.6 is 0 Å². The molecule has 0 aliphatic carbocycles. The summed E-state index contributed by atoms with van der Waals surface area (Å²) in [5.41, 5.74) is 8.06. The van der Waals surface area contributed by atoms with Gasteiger partial charge >= 0.3 is 0 Å². The topological polar surface area (TPSA) is 43.9 Å². The Balaban J connectivity index is 1.35. The van der Waals surface area contributed by atoms with Crippen LogP contribution in [-0.2, 0) is 0 Å². The average Bonchev–Trinajstić information content (AvgIpc) is 3.85. The Morgan fingerprint density at radius 3 is 1.84 bits per heavy atom. The number of rotatable bonds is 4. The molecule has 7 aromatic carbocycles. The van der Waals surface area contributed by atoms with Crippen LogP contribution in [0.2, 0.25) is 0 Å². The summed E-state index contributed by atoms with van der Waals surface area (Å²) in [6.45, 7) is 0. The Bertz CT molecular complexity index is 2930. The SMILES string of the molecule is c1ccc(-c2nc(-n3c4ccccc4c4ccc5oc6ccccc6c5c43)nc3c2[Si](c2ccccc2)(c2ccccc2)c2ccccc2-3)cc1. The van der Waals surface area contributed by atoms with E-state index in [0.717, 1.165) is 60.7 Å². The number of para-hydroxylation sites is 2. The molecule has 1 aliphatic heterocycles. The van der Waals surface area contributed by atoms with Crippen molar-refractivity contribution in [3.63, 3.8) is 0 Å². The van der Waals surface area contributed by atoms with Gasteiger partial charge in [-0.15, -0.1) is 0 Å². The third-order valence-electron chi connectivity index (χ3n) is 10.7.